The van der Waals surface area contributed by atoms with E-state index < -0.39 is 0 Å². The first kappa shape index (κ1) is 18.7. The van der Waals surface area contributed by atoms with Crippen molar-refractivity contribution in [2.45, 2.75) is 13.5 Å². The highest BCUT2D eigenvalue weighted by Crippen LogP contribution is 2.34. The molecule has 28 heavy (non-hydrogen) atoms. The second-order valence-corrected chi connectivity index (χ2v) is 8.08. The number of fused-ring (bicyclic) bond motifs is 1. The van der Waals surface area contributed by atoms with Crippen molar-refractivity contribution in [3.63, 3.8) is 0 Å². The topological polar surface area (TPSA) is 57.7 Å². The van der Waals surface area contributed by atoms with Crippen LogP contribution in [0.2, 0.25) is 0 Å². The number of rotatable bonds is 4. The van der Waals surface area contributed by atoms with E-state index in [0.717, 1.165) is 44.2 Å². The minimum atomic E-state index is -0.0576. The molecule has 7 heteroatoms. The highest BCUT2D eigenvalue weighted by molar-refractivity contribution is 7.19. The first-order valence-corrected chi connectivity index (χ1v) is 10.2. The van der Waals surface area contributed by atoms with Gasteiger partial charge in [-0.25, -0.2) is 4.79 Å². The lowest BCUT2D eigenvalue weighted by Gasteiger charge is -2.34. The number of nitrogens with zero attached hydrogens (tertiary/aromatic N) is 3. The lowest BCUT2D eigenvalue weighted by atomic mass is 10.1. The zero-order valence-corrected chi connectivity index (χ0v) is 17.0. The molecule has 0 unspecified atom stereocenters. The van der Waals surface area contributed by atoms with Gasteiger partial charge in [-0.3, -0.25) is 9.88 Å². The van der Waals surface area contributed by atoms with Gasteiger partial charge < -0.3 is 15.0 Å². The Kier molecular flexibility index (Phi) is 5.45. The molecule has 3 heterocycles. The average molecular weight is 397 g/mol. The number of ether oxygens (including phenoxy) is 1. The molecule has 3 aromatic rings. The Morgan fingerprint density at radius 1 is 1.25 bits per heavy atom. The molecular formula is C21H24N4O2S. The van der Waals surface area contributed by atoms with Gasteiger partial charge in [0.15, 0.2) is 0 Å². The van der Waals surface area contributed by atoms with Crippen molar-refractivity contribution in [2.75, 3.05) is 38.6 Å². The Labute approximate surface area is 168 Å². The third-order valence-corrected chi connectivity index (χ3v) is 6.44. The quantitative estimate of drug-likeness (QED) is 0.725. The molecule has 0 spiro atoms. The molecule has 2 aromatic heterocycles. The summed E-state index contributed by atoms with van der Waals surface area (Å²) in [6.07, 6.45) is 3.36. The molecule has 0 aliphatic carbocycles. The molecule has 1 saturated heterocycles. The van der Waals surface area contributed by atoms with E-state index in [1.54, 1.807) is 19.5 Å². The van der Waals surface area contributed by atoms with Crippen LogP contribution in [0, 0.1) is 6.92 Å². The highest BCUT2D eigenvalue weighted by Gasteiger charge is 2.22. The van der Waals surface area contributed by atoms with Gasteiger partial charge in [0.25, 0.3) is 0 Å². The van der Waals surface area contributed by atoms with Crippen molar-refractivity contribution in [1.82, 2.24) is 14.8 Å². The van der Waals surface area contributed by atoms with Crippen LogP contribution < -0.4 is 10.1 Å². The number of aryl methyl sites for hydroxylation is 1. The van der Waals surface area contributed by atoms with Crippen LogP contribution >= 0.6 is 11.3 Å². The van der Waals surface area contributed by atoms with E-state index in [0.29, 0.717) is 0 Å². The third kappa shape index (κ3) is 3.95. The van der Waals surface area contributed by atoms with E-state index >= 15 is 0 Å². The molecule has 1 aliphatic rings. The smallest absolute Gasteiger partial charge is 0.321 e. The maximum Gasteiger partial charge on any atom is 0.321 e. The summed E-state index contributed by atoms with van der Waals surface area (Å²) in [7, 11) is 1.70. The lowest BCUT2D eigenvalue weighted by Crippen LogP contribution is -2.49. The van der Waals surface area contributed by atoms with Crippen LogP contribution in [-0.4, -0.2) is 54.1 Å². The van der Waals surface area contributed by atoms with E-state index in [2.05, 4.69) is 34.3 Å². The molecule has 0 radical (unpaired) electrons. The number of benzene rings is 1. The van der Waals surface area contributed by atoms with Crippen molar-refractivity contribution in [3.05, 3.63) is 53.2 Å². The summed E-state index contributed by atoms with van der Waals surface area (Å²) < 4.78 is 6.65. The summed E-state index contributed by atoms with van der Waals surface area (Å²) in [4.78, 5) is 22.1. The molecule has 0 atom stereocenters. The number of aromatic nitrogens is 1. The largest absolute Gasteiger partial charge is 0.497 e. The SMILES string of the molecule is COc1ccc2sc(CN3CCN(C(=O)Nc4cccnc4)CC3)c(C)c2c1. The Morgan fingerprint density at radius 3 is 2.79 bits per heavy atom. The molecule has 0 saturated carbocycles. The van der Waals surface area contributed by atoms with Gasteiger partial charge in [-0.05, 0) is 48.2 Å². The number of piperazine rings is 1. The summed E-state index contributed by atoms with van der Waals surface area (Å²) in [5, 5.41) is 4.18. The third-order valence-electron chi connectivity index (χ3n) is 5.18. The number of amides is 2. The van der Waals surface area contributed by atoms with Gasteiger partial charge in [-0.2, -0.15) is 0 Å². The van der Waals surface area contributed by atoms with E-state index in [1.807, 2.05) is 34.4 Å². The van der Waals surface area contributed by atoms with Gasteiger partial charge in [0.2, 0.25) is 0 Å². The van der Waals surface area contributed by atoms with Gasteiger partial charge in [-0.15, -0.1) is 11.3 Å². The van der Waals surface area contributed by atoms with Gasteiger partial charge in [0, 0.05) is 48.5 Å². The van der Waals surface area contributed by atoms with Crippen molar-refractivity contribution < 1.29 is 9.53 Å². The molecular weight excluding hydrogens is 372 g/mol. The minimum Gasteiger partial charge on any atom is -0.497 e. The molecule has 1 aromatic carbocycles. The van der Waals surface area contributed by atoms with Crippen molar-refractivity contribution in [2.24, 2.45) is 0 Å². The lowest BCUT2D eigenvalue weighted by molar-refractivity contribution is 0.143. The van der Waals surface area contributed by atoms with E-state index in [-0.39, 0.29) is 6.03 Å². The number of carbonyl (C=O) groups excluding carboxylic acids is 1. The summed E-state index contributed by atoms with van der Waals surface area (Å²) in [6, 6.07) is 9.87. The number of urea groups is 1. The predicted octanol–water partition coefficient (Wildman–Crippen LogP) is 3.96. The van der Waals surface area contributed by atoms with Crippen LogP contribution in [-0.2, 0) is 6.54 Å². The number of carbonyl (C=O) groups is 1. The molecule has 6 nitrogen and oxygen atoms in total. The van der Waals surface area contributed by atoms with Crippen LogP contribution in [0.3, 0.4) is 0 Å². The van der Waals surface area contributed by atoms with Crippen molar-refractivity contribution in [3.8, 4) is 5.75 Å². The number of anilines is 1. The normalized spacial score (nSPS) is 15.0. The van der Waals surface area contributed by atoms with Gasteiger partial charge in [0.05, 0.1) is 19.0 Å². The van der Waals surface area contributed by atoms with Crippen LogP contribution in [0.15, 0.2) is 42.7 Å². The fourth-order valence-corrected chi connectivity index (χ4v) is 4.71. The Balaban J connectivity index is 1.36. The Morgan fingerprint density at radius 2 is 2.07 bits per heavy atom. The average Bonchev–Trinajstić information content (AvgIpc) is 3.04. The number of pyridine rings is 1. The number of hydrogen-bond acceptors (Lipinski definition) is 5. The maximum absolute atomic E-state index is 12.4. The summed E-state index contributed by atoms with van der Waals surface area (Å²) in [5.74, 6) is 0.896. The van der Waals surface area contributed by atoms with E-state index in [1.165, 1.54) is 20.5 Å². The Hall–Kier alpha value is -2.64. The summed E-state index contributed by atoms with van der Waals surface area (Å²) in [6.45, 7) is 6.30. The number of hydrogen-bond donors (Lipinski definition) is 1. The monoisotopic (exact) mass is 396 g/mol. The van der Waals surface area contributed by atoms with Crippen LogP contribution in [0.25, 0.3) is 10.1 Å². The number of nitrogens with one attached hydrogen (secondary N) is 1. The number of thiophene rings is 1. The fraction of sp³-hybridized carbons (Fsp3) is 0.333. The van der Waals surface area contributed by atoms with Gasteiger partial charge in [-0.1, -0.05) is 0 Å². The summed E-state index contributed by atoms with van der Waals surface area (Å²) >= 11 is 1.85. The second-order valence-electron chi connectivity index (χ2n) is 6.95. The molecule has 4 rings (SSSR count). The number of methoxy groups -OCH3 is 1. The fourth-order valence-electron chi connectivity index (χ4n) is 3.48. The zero-order valence-electron chi connectivity index (χ0n) is 16.1. The van der Waals surface area contributed by atoms with Crippen LogP contribution in [0.4, 0.5) is 10.5 Å². The minimum absolute atomic E-state index is 0.0576. The van der Waals surface area contributed by atoms with E-state index in [4.69, 9.17) is 4.74 Å². The van der Waals surface area contributed by atoms with Crippen molar-refractivity contribution >= 4 is 33.1 Å². The molecule has 2 amide bonds. The molecule has 1 fully saturated rings. The van der Waals surface area contributed by atoms with Crippen molar-refractivity contribution in [1.29, 1.82) is 0 Å². The summed E-state index contributed by atoms with van der Waals surface area (Å²) in [5.41, 5.74) is 2.06. The zero-order chi connectivity index (χ0) is 19.5. The maximum atomic E-state index is 12.4. The van der Waals surface area contributed by atoms with Crippen LogP contribution in [0.5, 0.6) is 5.75 Å². The first-order valence-electron chi connectivity index (χ1n) is 9.38. The molecule has 1 aliphatic heterocycles. The molecule has 0 bridgehead atoms. The molecule has 1 N–H and O–H groups in total. The second kappa shape index (κ2) is 8.16. The van der Waals surface area contributed by atoms with Gasteiger partial charge >= 0.3 is 6.03 Å². The standard InChI is InChI=1S/C21H24N4O2S/c1-15-18-12-17(27-2)5-6-19(18)28-20(15)14-24-8-10-25(11-9-24)21(26)23-16-4-3-7-22-13-16/h3-7,12-13H,8-11,14H2,1-2H3,(H,23,26). The molecule has 146 valence electrons. The first-order chi connectivity index (χ1) is 13.6. The van der Waals surface area contributed by atoms with Gasteiger partial charge in [0.1, 0.15) is 5.75 Å². The highest BCUT2D eigenvalue weighted by atomic mass is 32.1. The Bertz CT molecular complexity index is 965. The predicted molar refractivity (Wildman–Crippen MR) is 113 cm³/mol. The van der Waals surface area contributed by atoms with E-state index in [9.17, 15) is 4.79 Å². The van der Waals surface area contributed by atoms with Crippen LogP contribution in [0.1, 0.15) is 10.4 Å².